The third-order valence-corrected chi connectivity index (χ3v) is 8.25. The molecule has 0 spiro atoms. The van der Waals surface area contributed by atoms with E-state index < -0.39 is 15.8 Å². The lowest BCUT2D eigenvalue weighted by Crippen LogP contribution is -2.48. The van der Waals surface area contributed by atoms with Crippen LogP contribution in [-0.4, -0.2) is 43.6 Å². The third-order valence-electron chi connectivity index (χ3n) is 5.43. The van der Waals surface area contributed by atoms with Crippen LogP contribution in [0.3, 0.4) is 0 Å². The van der Waals surface area contributed by atoms with Crippen LogP contribution in [0.1, 0.15) is 24.0 Å². The molecule has 2 aromatic rings. The molecule has 1 saturated heterocycles. The van der Waals surface area contributed by atoms with E-state index in [4.69, 9.17) is 0 Å². The van der Waals surface area contributed by atoms with Crippen LogP contribution in [0, 0.1) is 12.7 Å². The molecule has 0 radical (unpaired) electrons. The normalized spacial score (nSPS) is 19.9. The molecule has 5 nitrogen and oxygen atoms in total. The van der Waals surface area contributed by atoms with Gasteiger partial charge in [-0.25, -0.2) is 17.5 Å². The van der Waals surface area contributed by atoms with Crippen molar-refractivity contribution in [2.24, 2.45) is 0 Å². The molecule has 1 amide bonds. The minimum absolute atomic E-state index is 0.0489. The number of carbonyl (C=O) groups excluding carboxylic acids is 1. The summed E-state index contributed by atoms with van der Waals surface area (Å²) in [4.78, 5) is 16.0. The zero-order valence-corrected chi connectivity index (χ0v) is 17.7. The number of nitrogens with zero attached hydrogens (tertiary/aromatic N) is 1. The summed E-state index contributed by atoms with van der Waals surface area (Å²) >= 11 is 1.63. The number of halogens is 1. The molecule has 0 unspecified atom stereocenters. The maximum atomic E-state index is 13.0. The number of hydrogen-bond donors (Lipinski definition) is 1. The smallest absolute Gasteiger partial charge is 0.240 e. The van der Waals surface area contributed by atoms with E-state index >= 15 is 0 Å². The summed E-state index contributed by atoms with van der Waals surface area (Å²) in [5.74, 6) is -0.346. The number of nitrogens with one attached hydrogen (secondary N) is 1. The molecule has 154 valence electrons. The fourth-order valence-electron chi connectivity index (χ4n) is 3.80. The van der Waals surface area contributed by atoms with E-state index in [-0.39, 0.29) is 22.1 Å². The van der Waals surface area contributed by atoms with Gasteiger partial charge in [0.05, 0.1) is 10.1 Å². The fraction of sp³-hybridized carbons (Fsp3) is 0.381. The van der Waals surface area contributed by atoms with Gasteiger partial charge in [0.2, 0.25) is 15.9 Å². The van der Waals surface area contributed by atoms with Crippen molar-refractivity contribution < 1.29 is 17.6 Å². The van der Waals surface area contributed by atoms with E-state index in [1.54, 1.807) is 11.8 Å². The molecule has 1 atom stereocenters. The molecule has 1 fully saturated rings. The first-order valence-corrected chi connectivity index (χ1v) is 12.0. The first-order valence-electron chi connectivity index (χ1n) is 9.65. The molecule has 2 aliphatic heterocycles. The van der Waals surface area contributed by atoms with Crippen LogP contribution >= 0.6 is 11.8 Å². The SMILES string of the molecule is Cc1ccc2c(c1)S[C@@H](C(=O)N1CCC(NS(=O)(=O)c3ccc(F)cc3)CC1)C2. The highest BCUT2D eigenvalue weighted by Gasteiger charge is 2.34. The molecule has 29 heavy (non-hydrogen) atoms. The van der Waals surface area contributed by atoms with Crippen LogP contribution in [-0.2, 0) is 21.2 Å². The molecular formula is C21H23FN2O3S2. The quantitative estimate of drug-likeness (QED) is 0.803. The Hall–Kier alpha value is -1.90. The molecule has 2 aliphatic rings. The number of hydrogen-bond acceptors (Lipinski definition) is 4. The predicted octanol–water partition coefficient (Wildman–Crippen LogP) is 3.12. The Bertz CT molecular complexity index is 1020. The number of sulfonamides is 1. The number of amides is 1. The van der Waals surface area contributed by atoms with Crippen LogP contribution in [0.25, 0.3) is 0 Å². The third kappa shape index (κ3) is 4.49. The van der Waals surface area contributed by atoms with E-state index in [1.807, 2.05) is 11.8 Å². The van der Waals surface area contributed by atoms with Crippen molar-refractivity contribution in [3.8, 4) is 0 Å². The van der Waals surface area contributed by atoms with Crippen molar-refractivity contribution in [3.05, 3.63) is 59.4 Å². The lowest BCUT2D eigenvalue weighted by Gasteiger charge is -2.33. The summed E-state index contributed by atoms with van der Waals surface area (Å²) in [5, 5.41) is -0.0979. The minimum atomic E-state index is -3.69. The van der Waals surface area contributed by atoms with Crippen molar-refractivity contribution in [1.82, 2.24) is 9.62 Å². The molecule has 0 bridgehead atoms. The number of likely N-dealkylation sites (tertiary alicyclic amines) is 1. The summed E-state index contributed by atoms with van der Waals surface area (Å²) in [7, 11) is -3.69. The maximum absolute atomic E-state index is 13.0. The first-order chi connectivity index (χ1) is 13.8. The summed E-state index contributed by atoms with van der Waals surface area (Å²) in [5.41, 5.74) is 2.42. The van der Waals surface area contributed by atoms with Crippen molar-refractivity contribution in [2.75, 3.05) is 13.1 Å². The zero-order chi connectivity index (χ0) is 20.6. The van der Waals surface area contributed by atoms with Gasteiger partial charge in [0, 0.05) is 24.0 Å². The Morgan fingerprint density at radius 3 is 2.52 bits per heavy atom. The van der Waals surface area contributed by atoms with Gasteiger partial charge < -0.3 is 4.90 Å². The van der Waals surface area contributed by atoms with Gasteiger partial charge in [-0.3, -0.25) is 4.79 Å². The molecule has 0 aliphatic carbocycles. The number of fused-ring (bicyclic) bond motifs is 1. The average molecular weight is 435 g/mol. The van der Waals surface area contributed by atoms with Gasteiger partial charge >= 0.3 is 0 Å². The van der Waals surface area contributed by atoms with Gasteiger partial charge in [-0.15, -0.1) is 11.8 Å². The van der Waals surface area contributed by atoms with E-state index in [1.165, 1.54) is 28.2 Å². The summed E-state index contributed by atoms with van der Waals surface area (Å²) in [6.45, 7) is 3.11. The second-order valence-electron chi connectivity index (χ2n) is 7.60. The molecule has 8 heteroatoms. The molecule has 2 heterocycles. The van der Waals surface area contributed by atoms with E-state index in [0.717, 1.165) is 18.6 Å². The van der Waals surface area contributed by atoms with Crippen LogP contribution < -0.4 is 4.72 Å². The molecule has 1 N–H and O–H groups in total. The highest BCUT2D eigenvalue weighted by molar-refractivity contribution is 8.01. The summed E-state index contributed by atoms with van der Waals surface area (Å²) in [6, 6.07) is 10.9. The van der Waals surface area contributed by atoms with Crippen LogP contribution in [0.4, 0.5) is 4.39 Å². The van der Waals surface area contributed by atoms with E-state index in [2.05, 4.69) is 22.9 Å². The zero-order valence-electron chi connectivity index (χ0n) is 16.1. The van der Waals surface area contributed by atoms with Gasteiger partial charge in [-0.2, -0.15) is 0 Å². The van der Waals surface area contributed by atoms with Crippen LogP contribution in [0.5, 0.6) is 0 Å². The van der Waals surface area contributed by atoms with E-state index in [9.17, 15) is 17.6 Å². The monoisotopic (exact) mass is 434 g/mol. The molecule has 0 saturated carbocycles. The largest absolute Gasteiger partial charge is 0.342 e. The van der Waals surface area contributed by atoms with Crippen molar-refractivity contribution >= 4 is 27.7 Å². The molecule has 4 rings (SSSR count). The maximum Gasteiger partial charge on any atom is 0.240 e. The van der Waals surface area contributed by atoms with E-state index in [0.29, 0.717) is 25.9 Å². The van der Waals surface area contributed by atoms with Crippen LogP contribution in [0.2, 0.25) is 0 Å². The van der Waals surface area contributed by atoms with Gasteiger partial charge in [0.25, 0.3) is 0 Å². The lowest BCUT2D eigenvalue weighted by atomic mass is 10.0. The number of thioether (sulfide) groups is 1. The second kappa shape index (κ2) is 8.08. The molecular weight excluding hydrogens is 411 g/mol. The molecule has 2 aromatic carbocycles. The van der Waals surface area contributed by atoms with Crippen molar-refractivity contribution in [1.29, 1.82) is 0 Å². The summed E-state index contributed by atoms with van der Waals surface area (Å²) in [6.07, 6.45) is 1.88. The Morgan fingerprint density at radius 1 is 1.14 bits per heavy atom. The Morgan fingerprint density at radius 2 is 1.83 bits per heavy atom. The van der Waals surface area contributed by atoms with Gasteiger partial charge in [0.15, 0.2) is 0 Å². The van der Waals surface area contributed by atoms with Gasteiger partial charge in [-0.05, 0) is 62.1 Å². The second-order valence-corrected chi connectivity index (χ2v) is 10.6. The van der Waals surface area contributed by atoms with Crippen molar-refractivity contribution in [2.45, 2.75) is 47.3 Å². The number of rotatable bonds is 4. The number of carbonyl (C=O) groups is 1. The minimum Gasteiger partial charge on any atom is -0.342 e. The number of piperidine rings is 1. The lowest BCUT2D eigenvalue weighted by molar-refractivity contribution is -0.131. The van der Waals surface area contributed by atoms with Crippen molar-refractivity contribution in [3.63, 3.8) is 0 Å². The number of aryl methyl sites for hydroxylation is 1. The average Bonchev–Trinajstić information content (AvgIpc) is 3.11. The Labute approximate surface area is 174 Å². The van der Waals surface area contributed by atoms with Crippen LogP contribution in [0.15, 0.2) is 52.3 Å². The Kier molecular flexibility index (Phi) is 5.68. The summed E-state index contributed by atoms with van der Waals surface area (Å²) < 4.78 is 40.7. The first kappa shape index (κ1) is 20.4. The topological polar surface area (TPSA) is 66.5 Å². The predicted molar refractivity (Wildman–Crippen MR) is 111 cm³/mol. The fourth-order valence-corrected chi connectivity index (χ4v) is 6.48. The Balaban J connectivity index is 1.33. The van der Waals surface area contributed by atoms with Gasteiger partial charge in [-0.1, -0.05) is 17.7 Å². The standard InChI is InChI=1S/C21H23FN2O3S2/c1-14-2-3-15-13-20(28-19(15)12-14)21(25)24-10-8-17(9-11-24)23-29(26,27)18-6-4-16(22)5-7-18/h2-7,12,17,20,23H,8-11,13H2,1H3/t20-/m1/s1. The van der Waals surface area contributed by atoms with Gasteiger partial charge in [0.1, 0.15) is 5.82 Å². The highest BCUT2D eigenvalue weighted by Crippen LogP contribution is 2.38. The highest BCUT2D eigenvalue weighted by atomic mass is 32.2. The molecule has 0 aromatic heterocycles. The number of benzene rings is 2.